The molecule has 0 bridgehead atoms. The molecule has 2 heterocycles. The first kappa shape index (κ1) is 19.9. The Bertz CT molecular complexity index is 864. The summed E-state index contributed by atoms with van der Waals surface area (Å²) in [6.07, 6.45) is 2.43. The Labute approximate surface area is 156 Å². The predicted molar refractivity (Wildman–Crippen MR) is 99.4 cm³/mol. The van der Waals surface area contributed by atoms with Crippen molar-refractivity contribution in [1.29, 1.82) is 5.26 Å². The van der Waals surface area contributed by atoms with E-state index in [0.717, 1.165) is 0 Å². The molecule has 0 saturated heterocycles. The molecule has 0 saturated carbocycles. The van der Waals surface area contributed by atoms with Gasteiger partial charge in [0.05, 0.1) is 11.9 Å². The van der Waals surface area contributed by atoms with Crippen LogP contribution >= 0.6 is 0 Å². The van der Waals surface area contributed by atoms with E-state index in [1.54, 1.807) is 13.1 Å². The Morgan fingerprint density at radius 1 is 1.37 bits per heavy atom. The minimum Gasteiger partial charge on any atom is -0.478 e. The van der Waals surface area contributed by atoms with Gasteiger partial charge in [0, 0.05) is 25.9 Å². The molecule has 1 unspecified atom stereocenters. The molecule has 1 atom stereocenters. The largest absolute Gasteiger partial charge is 0.478 e. The van der Waals surface area contributed by atoms with Crippen LogP contribution in [0.1, 0.15) is 23.0 Å². The number of likely N-dealkylation sites (N-methyl/N-ethyl adjacent to an activating group) is 1. The summed E-state index contributed by atoms with van der Waals surface area (Å²) in [5.74, 6) is -0.274. The summed E-state index contributed by atoms with van der Waals surface area (Å²) in [5.41, 5.74) is 0.532. The molecule has 2 aromatic rings. The van der Waals surface area contributed by atoms with E-state index in [2.05, 4.69) is 25.6 Å². The minimum absolute atomic E-state index is 0.0514. The van der Waals surface area contributed by atoms with E-state index in [-0.39, 0.29) is 23.2 Å². The van der Waals surface area contributed by atoms with Crippen LogP contribution in [-0.4, -0.2) is 64.7 Å². The van der Waals surface area contributed by atoms with E-state index in [9.17, 15) is 10.1 Å². The molecule has 10 nitrogen and oxygen atoms in total. The highest BCUT2D eigenvalue weighted by atomic mass is 16.5. The molecule has 0 fully saturated rings. The summed E-state index contributed by atoms with van der Waals surface area (Å²) < 4.78 is 5.73. The second-order valence-corrected chi connectivity index (χ2v) is 6.01. The number of aromatic nitrogens is 3. The standard InChI is InChI=1S/C17H21N7O3/c1-10(9-24(3)4)27-16-13(6-18)20-8-15(23-16)22-14-5-12(19-2)11(7-21-14)17(25)26/h5,7-8,10H,9H2,1-4H3,(H,25,26)(H2,19,21,22,23). The third-order valence-corrected chi connectivity index (χ3v) is 3.44. The smallest absolute Gasteiger partial charge is 0.339 e. The van der Waals surface area contributed by atoms with Gasteiger partial charge >= 0.3 is 5.97 Å². The minimum atomic E-state index is -1.08. The van der Waals surface area contributed by atoms with Crippen LogP contribution in [-0.2, 0) is 0 Å². The van der Waals surface area contributed by atoms with Gasteiger partial charge in [0.25, 0.3) is 5.88 Å². The second-order valence-electron chi connectivity index (χ2n) is 6.01. The van der Waals surface area contributed by atoms with Gasteiger partial charge in [-0.3, -0.25) is 0 Å². The zero-order chi connectivity index (χ0) is 20.0. The van der Waals surface area contributed by atoms with Gasteiger partial charge in [0.2, 0.25) is 5.69 Å². The molecular formula is C17H21N7O3. The molecule has 2 rings (SSSR count). The molecule has 27 heavy (non-hydrogen) atoms. The SMILES string of the molecule is CNc1cc(Nc2cnc(C#N)c(OC(C)CN(C)C)n2)ncc1C(=O)O. The maximum absolute atomic E-state index is 11.2. The highest BCUT2D eigenvalue weighted by Gasteiger charge is 2.15. The summed E-state index contributed by atoms with van der Waals surface area (Å²) in [4.78, 5) is 25.5. The number of carboxylic acid groups (broad SMARTS) is 1. The van der Waals surface area contributed by atoms with Crippen LogP contribution in [0.25, 0.3) is 0 Å². The average Bonchev–Trinajstić information content (AvgIpc) is 2.61. The zero-order valence-electron chi connectivity index (χ0n) is 15.5. The molecule has 0 aliphatic carbocycles. The summed E-state index contributed by atoms with van der Waals surface area (Å²) >= 11 is 0. The van der Waals surface area contributed by atoms with E-state index >= 15 is 0 Å². The number of nitriles is 1. The zero-order valence-corrected chi connectivity index (χ0v) is 15.5. The Balaban J connectivity index is 2.25. The van der Waals surface area contributed by atoms with E-state index in [4.69, 9.17) is 9.84 Å². The van der Waals surface area contributed by atoms with Crippen LogP contribution in [0.3, 0.4) is 0 Å². The maximum Gasteiger partial charge on any atom is 0.339 e. The van der Waals surface area contributed by atoms with Crippen molar-refractivity contribution in [2.75, 3.05) is 38.3 Å². The highest BCUT2D eigenvalue weighted by Crippen LogP contribution is 2.22. The van der Waals surface area contributed by atoms with Crippen molar-refractivity contribution < 1.29 is 14.6 Å². The number of ether oxygens (including phenoxy) is 1. The number of hydrogen-bond acceptors (Lipinski definition) is 9. The van der Waals surface area contributed by atoms with Crippen molar-refractivity contribution in [2.24, 2.45) is 0 Å². The third-order valence-electron chi connectivity index (χ3n) is 3.44. The molecule has 0 amide bonds. The van der Waals surface area contributed by atoms with E-state index in [0.29, 0.717) is 23.9 Å². The lowest BCUT2D eigenvalue weighted by Gasteiger charge is -2.18. The van der Waals surface area contributed by atoms with Crippen LogP contribution in [0.5, 0.6) is 5.88 Å². The molecular weight excluding hydrogens is 350 g/mol. The molecule has 3 N–H and O–H groups in total. The molecule has 10 heteroatoms. The summed E-state index contributed by atoms with van der Waals surface area (Å²) in [6, 6.07) is 3.49. The first-order valence-corrected chi connectivity index (χ1v) is 8.10. The van der Waals surface area contributed by atoms with Gasteiger partial charge in [-0.05, 0) is 21.0 Å². The van der Waals surface area contributed by atoms with Crippen molar-refractivity contribution in [3.05, 3.63) is 29.7 Å². The Morgan fingerprint density at radius 2 is 2.11 bits per heavy atom. The van der Waals surface area contributed by atoms with Crippen molar-refractivity contribution in [3.63, 3.8) is 0 Å². The lowest BCUT2D eigenvalue weighted by atomic mass is 10.2. The Morgan fingerprint density at radius 3 is 2.70 bits per heavy atom. The fourth-order valence-electron chi connectivity index (χ4n) is 2.37. The van der Waals surface area contributed by atoms with Crippen LogP contribution in [0, 0.1) is 11.3 Å². The highest BCUT2D eigenvalue weighted by molar-refractivity contribution is 5.94. The molecule has 0 spiro atoms. The second kappa shape index (κ2) is 8.77. The van der Waals surface area contributed by atoms with Gasteiger partial charge in [0.15, 0.2) is 5.82 Å². The molecule has 0 aromatic carbocycles. The number of hydrogen-bond donors (Lipinski definition) is 3. The third kappa shape index (κ3) is 5.26. The summed E-state index contributed by atoms with van der Waals surface area (Å²) in [6.45, 7) is 2.52. The fraction of sp³-hybridized carbons (Fsp3) is 0.353. The molecule has 0 aliphatic heterocycles. The molecule has 0 radical (unpaired) electrons. The van der Waals surface area contributed by atoms with Gasteiger partial charge in [-0.25, -0.2) is 14.8 Å². The Hall–Kier alpha value is -3.45. The summed E-state index contributed by atoms with van der Waals surface area (Å²) in [7, 11) is 5.45. The number of carboxylic acids is 1. The number of anilines is 3. The first-order chi connectivity index (χ1) is 12.8. The van der Waals surface area contributed by atoms with Crippen molar-refractivity contribution in [2.45, 2.75) is 13.0 Å². The van der Waals surface area contributed by atoms with Crippen molar-refractivity contribution >= 4 is 23.3 Å². The number of carbonyl (C=O) groups is 1. The number of rotatable bonds is 8. The van der Waals surface area contributed by atoms with Crippen LogP contribution in [0.2, 0.25) is 0 Å². The van der Waals surface area contributed by atoms with Gasteiger partial charge in [-0.15, -0.1) is 0 Å². The van der Waals surface area contributed by atoms with Crippen LogP contribution in [0.4, 0.5) is 17.3 Å². The lowest BCUT2D eigenvalue weighted by Crippen LogP contribution is -2.28. The van der Waals surface area contributed by atoms with Gasteiger partial charge in [-0.2, -0.15) is 10.2 Å². The topological polar surface area (TPSA) is 136 Å². The quantitative estimate of drug-likeness (QED) is 0.627. The number of nitrogens with one attached hydrogen (secondary N) is 2. The van der Waals surface area contributed by atoms with Crippen molar-refractivity contribution in [1.82, 2.24) is 19.9 Å². The monoisotopic (exact) mass is 371 g/mol. The van der Waals surface area contributed by atoms with E-state index in [1.807, 2.05) is 32.0 Å². The van der Waals surface area contributed by atoms with Crippen LogP contribution in [0.15, 0.2) is 18.5 Å². The Kier molecular flexibility index (Phi) is 6.46. The number of pyridine rings is 1. The van der Waals surface area contributed by atoms with Gasteiger partial charge < -0.3 is 25.4 Å². The lowest BCUT2D eigenvalue weighted by molar-refractivity contribution is 0.0697. The summed E-state index contributed by atoms with van der Waals surface area (Å²) in [5, 5.41) is 24.1. The number of aromatic carboxylic acids is 1. The van der Waals surface area contributed by atoms with Gasteiger partial charge in [-0.1, -0.05) is 0 Å². The predicted octanol–water partition coefficient (Wildman–Crippen LogP) is 1.56. The molecule has 142 valence electrons. The molecule has 2 aromatic heterocycles. The normalized spacial score (nSPS) is 11.6. The average molecular weight is 371 g/mol. The van der Waals surface area contributed by atoms with E-state index in [1.165, 1.54) is 12.4 Å². The van der Waals surface area contributed by atoms with E-state index < -0.39 is 5.97 Å². The number of nitrogens with zero attached hydrogens (tertiary/aromatic N) is 5. The molecule has 0 aliphatic rings. The fourth-order valence-corrected chi connectivity index (χ4v) is 2.37. The van der Waals surface area contributed by atoms with Crippen LogP contribution < -0.4 is 15.4 Å². The van der Waals surface area contributed by atoms with Gasteiger partial charge in [0.1, 0.15) is 23.6 Å². The first-order valence-electron chi connectivity index (χ1n) is 8.10. The van der Waals surface area contributed by atoms with Crippen molar-refractivity contribution in [3.8, 4) is 11.9 Å². The maximum atomic E-state index is 11.2.